The molecule has 0 spiro atoms. The molecule has 8 atom stereocenters. The molecule has 0 aromatic rings. The van der Waals surface area contributed by atoms with Crippen LogP contribution in [-0.2, 0) is 14.6 Å². The van der Waals surface area contributed by atoms with E-state index in [-0.39, 0.29) is 56.0 Å². The Bertz CT molecular complexity index is 1290. The van der Waals surface area contributed by atoms with Gasteiger partial charge < -0.3 is 10.0 Å². The van der Waals surface area contributed by atoms with E-state index in [1.165, 1.54) is 12.8 Å². The van der Waals surface area contributed by atoms with E-state index in [2.05, 4.69) is 59.4 Å². The number of aliphatic hydroxyl groups excluding tert-OH is 1. The summed E-state index contributed by atoms with van der Waals surface area (Å²) in [4.78, 5) is 18.9. The molecular weight excluding hydrogens is 568 g/mol. The molecule has 1 aliphatic heterocycles. The molecule has 1 amide bonds. The molecule has 6 nitrogen and oxygen atoms in total. The maximum Gasteiger partial charge on any atom is 0.229 e. The second kappa shape index (κ2) is 10.5. The lowest BCUT2D eigenvalue weighted by atomic mass is 9.33. The fourth-order valence-corrected chi connectivity index (χ4v) is 13.6. The van der Waals surface area contributed by atoms with E-state index in [4.69, 9.17) is 0 Å². The molecule has 5 aliphatic carbocycles. The quantitative estimate of drug-likeness (QED) is 0.367. The van der Waals surface area contributed by atoms with Gasteiger partial charge in [0.2, 0.25) is 5.91 Å². The van der Waals surface area contributed by atoms with Crippen LogP contribution in [0, 0.1) is 50.2 Å². The topological polar surface area (TPSA) is 77.9 Å². The van der Waals surface area contributed by atoms with Gasteiger partial charge in [0, 0.05) is 33.2 Å². The molecule has 1 heterocycles. The number of hydrogen-bond acceptors (Lipinski definition) is 5. The van der Waals surface area contributed by atoms with Crippen molar-refractivity contribution in [3.63, 3.8) is 0 Å². The Morgan fingerprint density at radius 1 is 0.932 bits per heavy atom. The summed E-state index contributed by atoms with van der Waals surface area (Å²) in [7, 11) is -0.909. The van der Waals surface area contributed by atoms with E-state index in [1.54, 1.807) is 5.57 Å². The first-order valence-corrected chi connectivity index (χ1v) is 19.7. The molecular formula is C37H62N2O4S. The van der Waals surface area contributed by atoms with Gasteiger partial charge in [0.05, 0.1) is 23.0 Å². The second-order valence-corrected chi connectivity index (χ2v) is 20.8. The van der Waals surface area contributed by atoms with E-state index in [0.29, 0.717) is 37.4 Å². The van der Waals surface area contributed by atoms with Crippen LogP contribution >= 0.6 is 0 Å². The first-order chi connectivity index (χ1) is 20.3. The van der Waals surface area contributed by atoms with Gasteiger partial charge >= 0.3 is 0 Å². The normalized spacial score (nSPS) is 46.0. The van der Waals surface area contributed by atoms with E-state index in [9.17, 15) is 18.3 Å². The Morgan fingerprint density at radius 2 is 1.59 bits per heavy atom. The van der Waals surface area contributed by atoms with Crippen molar-refractivity contribution in [1.82, 2.24) is 9.80 Å². The zero-order chi connectivity index (χ0) is 32.1. The molecule has 0 bridgehead atoms. The van der Waals surface area contributed by atoms with Crippen LogP contribution in [0.5, 0.6) is 0 Å². The van der Waals surface area contributed by atoms with Gasteiger partial charge in [-0.2, -0.15) is 0 Å². The lowest BCUT2D eigenvalue weighted by molar-refractivity contribution is -0.204. The number of hydrogen-bond donors (Lipinski definition) is 1. The number of sulfone groups is 1. The van der Waals surface area contributed by atoms with Crippen LogP contribution < -0.4 is 0 Å². The highest BCUT2D eigenvalue weighted by Gasteiger charge is 2.69. The monoisotopic (exact) mass is 630 g/mol. The summed E-state index contributed by atoms with van der Waals surface area (Å²) in [6, 6.07) is 0. The predicted octanol–water partition coefficient (Wildman–Crippen LogP) is 6.34. The minimum atomic E-state index is -2.90. The third kappa shape index (κ3) is 4.81. The summed E-state index contributed by atoms with van der Waals surface area (Å²) in [6.45, 7) is 19.8. The molecule has 0 aromatic carbocycles. The molecule has 0 unspecified atom stereocenters. The molecule has 1 saturated heterocycles. The fourth-order valence-electron chi connectivity index (χ4n) is 12.4. The zero-order valence-electron chi connectivity index (χ0n) is 29.2. The van der Waals surface area contributed by atoms with Crippen molar-refractivity contribution < 1.29 is 18.3 Å². The number of nitrogens with zero attached hydrogens (tertiary/aromatic N) is 2. The molecule has 5 fully saturated rings. The van der Waals surface area contributed by atoms with Crippen LogP contribution in [-0.4, -0.2) is 80.1 Å². The molecule has 6 aliphatic rings. The number of carbonyl (C=O) groups is 1. The second-order valence-electron chi connectivity index (χ2n) is 18.5. The van der Waals surface area contributed by atoms with Gasteiger partial charge in [-0.25, -0.2) is 8.42 Å². The highest BCUT2D eigenvalue weighted by atomic mass is 32.2. The van der Waals surface area contributed by atoms with Gasteiger partial charge in [-0.1, -0.05) is 60.1 Å². The molecule has 4 saturated carbocycles. The van der Waals surface area contributed by atoms with Gasteiger partial charge in [-0.05, 0) is 109 Å². The Morgan fingerprint density at radius 3 is 2.27 bits per heavy atom. The number of rotatable bonds is 4. The summed E-state index contributed by atoms with van der Waals surface area (Å²) in [5.41, 5.74) is 1.95. The Balaban J connectivity index is 1.29. The van der Waals surface area contributed by atoms with E-state index >= 15 is 0 Å². The minimum Gasteiger partial charge on any atom is -0.393 e. The summed E-state index contributed by atoms with van der Waals surface area (Å²) in [6.07, 6.45) is 13.2. The van der Waals surface area contributed by atoms with E-state index in [0.717, 1.165) is 57.9 Å². The smallest absolute Gasteiger partial charge is 0.229 e. The van der Waals surface area contributed by atoms with Crippen LogP contribution in [0.15, 0.2) is 11.6 Å². The van der Waals surface area contributed by atoms with Crippen molar-refractivity contribution in [2.75, 3.05) is 44.7 Å². The van der Waals surface area contributed by atoms with Gasteiger partial charge in [0.25, 0.3) is 0 Å². The van der Waals surface area contributed by atoms with Crippen LogP contribution in [0.1, 0.15) is 113 Å². The standard InChI is InChI=1S/C37H62N2O4S/c1-32(2)15-17-37(31(41)38(8)19-20-39-21-23-44(42,43)24-22-39)18-16-35(6)26(27(37)25-32)9-10-29-34(5)13-12-30(40)33(3,4)28(34)11-14-36(29,35)7/h9,27-30,40H,10-25H2,1-8H3/t27-,28-,29+,30-,34-,35+,36+,37-/m0/s1. The average Bonchev–Trinajstić information content (AvgIpc) is 2.94. The maximum absolute atomic E-state index is 14.7. The summed E-state index contributed by atoms with van der Waals surface area (Å²) >= 11 is 0. The minimum absolute atomic E-state index is 0.0478. The largest absolute Gasteiger partial charge is 0.393 e. The summed E-state index contributed by atoms with van der Waals surface area (Å²) in [5.74, 6) is 2.23. The van der Waals surface area contributed by atoms with Crippen molar-refractivity contribution in [1.29, 1.82) is 0 Å². The Hall–Kier alpha value is -0.920. The van der Waals surface area contributed by atoms with Gasteiger partial charge in [0.1, 0.15) is 0 Å². The molecule has 7 heteroatoms. The number of allylic oxidation sites excluding steroid dienone is 2. The van der Waals surface area contributed by atoms with E-state index < -0.39 is 9.84 Å². The average molecular weight is 631 g/mol. The molecule has 0 aromatic heterocycles. The van der Waals surface area contributed by atoms with E-state index in [1.807, 2.05) is 11.9 Å². The molecule has 250 valence electrons. The van der Waals surface area contributed by atoms with Crippen LogP contribution in [0.3, 0.4) is 0 Å². The van der Waals surface area contributed by atoms with Crippen molar-refractivity contribution in [2.45, 2.75) is 119 Å². The number of amides is 1. The van der Waals surface area contributed by atoms with Crippen molar-refractivity contribution in [3.05, 3.63) is 11.6 Å². The van der Waals surface area contributed by atoms with Crippen molar-refractivity contribution >= 4 is 15.7 Å². The van der Waals surface area contributed by atoms with Crippen LogP contribution in [0.2, 0.25) is 0 Å². The zero-order valence-corrected chi connectivity index (χ0v) is 30.0. The maximum atomic E-state index is 14.7. The SMILES string of the molecule is CN(CCN1CCS(=O)(=O)CC1)C(=O)[C@]12CCC(C)(C)C[C@H]1C1=CC[C@@H]3[C@@]4(C)CC[C@H](O)C(C)(C)[C@@H]4CC[C@@]3(C)[C@]1(C)CC2. The molecule has 1 N–H and O–H groups in total. The summed E-state index contributed by atoms with van der Waals surface area (Å²) < 4.78 is 23.9. The third-order valence-corrected chi connectivity index (χ3v) is 17.2. The van der Waals surface area contributed by atoms with Gasteiger partial charge in [0.15, 0.2) is 9.84 Å². The van der Waals surface area contributed by atoms with Gasteiger partial charge in [-0.15, -0.1) is 0 Å². The summed E-state index contributed by atoms with van der Waals surface area (Å²) in [5, 5.41) is 11.1. The lowest BCUT2D eigenvalue weighted by Crippen LogP contribution is -2.65. The Labute approximate surface area is 268 Å². The number of fused-ring (bicyclic) bond motifs is 7. The first-order valence-electron chi connectivity index (χ1n) is 17.9. The fraction of sp³-hybridized carbons (Fsp3) is 0.919. The Kier molecular flexibility index (Phi) is 7.91. The first kappa shape index (κ1) is 33.0. The van der Waals surface area contributed by atoms with Crippen LogP contribution in [0.4, 0.5) is 0 Å². The molecule has 0 radical (unpaired) electrons. The third-order valence-electron chi connectivity index (χ3n) is 15.6. The van der Waals surface area contributed by atoms with Crippen LogP contribution in [0.25, 0.3) is 0 Å². The van der Waals surface area contributed by atoms with Crippen molar-refractivity contribution in [3.8, 4) is 0 Å². The number of carbonyl (C=O) groups excluding carboxylic acids is 1. The number of likely N-dealkylation sites (N-methyl/N-ethyl adjacent to an activating group) is 1. The van der Waals surface area contributed by atoms with Crippen molar-refractivity contribution in [2.24, 2.45) is 50.2 Å². The molecule has 6 rings (SSSR count). The highest BCUT2D eigenvalue weighted by molar-refractivity contribution is 7.91. The predicted molar refractivity (Wildman–Crippen MR) is 178 cm³/mol. The van der Waals surface area contributed by atoms with Gasteiger partial charge in [-0.3, -0.25) is 9.69 Å². The molecule has 44 heavy (non-hydrogen) atoms. The highest BCUT2D eigenvalue weighted by Crippen LogP contribution is 2.75. The number of aliphatic hydroxyl groups is 1. The lowest BCUT2D eigenvalue weighted by Gasteiger charge is -2.71.